The molecule has 1 amide bonds. The van der Waals surface area contributed by atoms with E-state index < -0.39 is 39.3 Å². The Bertz CT molecular complexity index is 4550. The SMILES string of the molecule is CCOC(=O)c1cnn(C)c1N.CCOC(=O)c1cnn(C)c1Nc1ccc(C)cc1N.CCOC(=O)c1cnn(C)c1Nc1ccc(C)cc1[N+](=O)[O-].Cc1ccc(F)c([N+](=O)[O-])c1.Cc1ccc2c(c1)Nc1c(cnn1C)C(=O)N2.Cc1ccc2c(c1)Nc1c(cnn1C)CN2. The summed E-state index contributed by atoms with van der Waals surface area (Å²) in [7, 11) is 8.80. The fraction of sp³-hybridized carbons (Fsp3) is 0.258. The van der Waals surface area contributed by atoms with Gasteiger partial charge in [0.05, 0.1) is 94.8 Å². The molecule has 2 aliphatic heterocycles. The van der Waals surface area contributed by atoms with Crippen molar-refractivity contribution in [1.29, 1.82) is 0 Å². The number of hydrogen-bond donors (Lipinski definition) is 8. The lowest BCUT2D eigenvalue weighted by Crippen LogP contribution is -2.09. The van der Waals surface area contributed by atoms with E-state index in [9.17, 15) is 43.8 Å². The molecule has 2 aliphatic rings. The van der Waals surface area contributed by atoms with Gasteiger partial charge in [-0.3, -0.25) is 48.4 Å². The molecule has 5 aromatic carbocycles. The number of ether oxygens (including phenoxy) is 3. The number of halogens is 1. The maximum Gasteiger partial charge on any atom is 0.343 e. The number of aryl methyl sites for hydroxylation is 10. The summed E-state index contributed by atoms with van der Waals surface area (Å²) < 4.78 is 35.2. The van der Waals surface area contributed by atoms with Crippen molar-refractivity contribution in [2.75, 3.05) is 63.2 Å². The summed E-state index contributed by atoms with van der Waals surface area (Å²) in [6.45, 7) is 16.4. The van der Waals surface area contributed by atoms with E-state index in [1.807, 2.05) is 68.2 Å². The number of nitrogens with one attached hydrogen (secondary N) is 6. The predicted molar refractivity (Wildman–Crippen MR) is 370 cm³/mol. The molecule has 0 fully saturated rings. The summed E-state index contributed by atoms with van der Waals surface area (Å²) in [5.41, 5.74) is 24.1. The Morgan fingerprint density at radius 1 is 0.520 bits per heavy atom. The molecule has 7 heterocycles. The molecule has 5 aromatic heterocycles. The number of nitrogens with zero attached hydrogens (tertiary/aromatic N) is 12. The molecular weight excluding hydrogens is 1270 g/mol. The molecular formula is C66H77FN20O11. The molecule has 12 rings (SSSR count). The summed E-state index contributed by atoms with van der Waals surface area (Å²) in [6, 6.07) is 26.5. The van der Waals surface area contributed by atoms with Crippen molar-refractivity contribution in [3.63, 3.8) is 0 Å². The highest BCUT2D eigenvalue weighted by atomic mass is 19.1. The molecule has 0 saturated carbocycles. The number of carbonyl (C=O) groups is 4. The number of anilines is 12. The number of benzene rings is 5. The van der Waals surface area contributed by atoms with Crippen molar-refractivity contribution in [2.45, 2.75) is 61.9 Å². The zero-order valence-electron chi connectivity index (χ0n) is 56.3. The predicted octanol–water partition coefficient (Wildman–Crippen LogP) is 11.4. The largest absolute Gasteiger partial charge is 0.462 e. The molecule has 514 valence electrons. The highest BCUT2D eigenvalue weighted by Gasteiger charge is 2.25. The van der Waals surface area contributed by atoms with Gasteiger partial charge in [-0.25, -0.2) is 14.4 Å². The molecule has 31 nitrogen and oxygen atoms in total. The van der Waals surface area contributed by atoms with E-state index in [4.69, 9.17) is 25.7 Å². The van der Waals surface area contributed by atoms with Crippen LogP contribution in [-0.2, 0) is 56.0 Å². The zero-order valence-corrected chi connectivity index (χ0v) is 56.3. The van der Waals surface area contributed by atoms with E-state index in [0.717, 1.165) is 63.6 Å². The number of nitro benzene ring substituents is 2. The number of fused-ring (bicyclic) bond motifs is 4. The molecule has 0 bridgehead atoms. The minimum atomic E-state index is -0.791. The number of hydrogen-bond acceptors (Lipinski definition) is 23. The first-order valence-electron chi connectivity index (χ1n) is 30.3. The lowest BCUT2D eigenvalue weighted by atomic mass is 10.2. The van der Waals surface area contributed by atoms with Crippen LogP contribution in [0.15, 0.2) is 122 Å². The Morgan fingerprint density at radius 2 is 0.949 bits per heavy atom. The summed E-state index contributed by atoms with van der Waals surface area (Å²) in [5.74, 6) is 0.704. The van der Waals surface area contributed by atoms with Gasteiger partial charge in [0.2, 0.25) is 5.82 Å². The molecule has 0 radical (unpaired) electrons. The molecule has 32 heteroatoms. The van der Waals surface area contributed by atoms with Crippen LogP contribution in [0.25, 0.3) is 0 Å². The summed E-state index contributed by atoms with van der Waals surface area (Å²) in [5, 5.41) is 60.5. The van der Waals surface area contributed by atoms with Gasteiger partial charge in [-0.1, -0.05) is 30.3 Å². The van der Waals surface area contributed by atoms with Crippen LogP contribution in [0.2, 0.25) is 0 Å². The molecule has 0 saturated heterocycles. The Hall–Kier alpha value is -12.6. The van der Waals surface area contributed by atoms with E-state index in [-0.39, 0.29) is 29.5 Å². The standard InChI is InChI=1S/C14H16N4O4.C14H18N4O2.C12H12N4O.C12H14N4.C7H6FNO2.C7H11N3O2/c1-4-22-14(19)10-8-15-17(3)13(10)16-11-6-5-9(2)7-12(11)18(20)21;1-4-20-14(19)10-8-16-18(3)13(10)17-12-6-5-9(2)7-11(12)15;1-7-3-4-9-10(5-7)14-11-8(12(17)15-9)6-13-16(11)2;1-8-3-4-10-11(5-8)15-12-9(6-13-10)7-14-16(12)2;1-5-2-3-6(8)7(4-5)9(10)11;1-3-12-7(11)5-4-9-10(2)6(5)8/h5-8,16H,4H2,1-3H3;5-8,17H,4,15H2,1-3H3;3-6,14H,1-2H3,(H,15,17);3-5,7,13,15H,6H2,1-2H3;2-4H,1H3;4H,3,8H2,1-2H3. The monoisotopic (exact) mass is 1340 g/mol. The van der Waals surface area contributed by atoms with Crippen molar-refractivity contribution in [1.82, 2.24) is 48.9 Å². The van der Waals surface area contributed by atoms with E-state index in [2.05, 4.69) is 82.5 Å². The van der Waals surface area contributed by atoms with Gasteiger partial charge in [-0.05, 0) is 132 Å². The van der Waals surface area contributed by atoms with Crippen LogP contribution < -0.4 is 43.4 Å². The first-order chi connectivity index (χ1) is 46.6. The maximum atomic E-state index is 12.6. The van der Waals surface area contributed by atoms with Gasteiger partial charge >= 0.3 is 23.6 Å². The number of nitrogen functional groups attached to an aromatic ring is 2. The zero-order chi connectivity index (χ0) is 71.7. The lowest BCUT2D eigenvalue weighted by molar-refractivity contribution is -0.387. The molecule has 10 N–H and O–H groups in total. The topological polar surface area (TPSA) is 396 Å². The smallest absolute Gasteiger partial charge is 0.343 e. The average molecular weight is 1350 g/mol. The third kappa shape index (κ3) is 18.4. The van der Waals surface area contributed by atoms with Crippen molar-refractivity contribution >= 4 is 104 Å². The number of rotatable bonds is 12. The molecule has 98 heavy (non-hydrogen) atoms. The van der Waals surface area contributed by atoms with Crippen molar-refractivity contribution in [2.24, 2.45) is 35.2 Å². The molecule has 0 unspecified atom stereocenters. The van der Waals surface area contributed by atoms with Gasteiger partial charge in [-0.15, -0.1) is 0 Å². The van der Waals surface area contributed by atoms with Gasteiger partial charge in [0.25, 0.3) is 11.6 Å². The van der Waals surface area contributed by atoms with E-state index in [1.165, 1.54) is 57.3 Å². The second kappa shape index (κ2) is 33.0. The lowest BCUT2D eigenvalue weighted by Gasteiger charge is -2.11. The van der Waals surface area contributed by atoms with Gasteiger partial charge < -0.3 is 57.6 Å². The third-order valence-electron chi connectivity index (χ3n) is 14.5. The maximum absolute atomic E-state index is 12.6. The van der Waals surface area contributed by atoms with Gasteiger partial charge in [0.15, 0.2) is 0 Å². The Kier molecular flexibility index (Phi) is 24.5. The number of esters is 3. The first kappa shape index (κ1) is 72.8. The van der Waals surface area contributed by atoms with Crippen LogP contribution >= 0.6 is 0 Å². The third-order valence-corrected chi connectivity index (χ3v) is 14.5. The van der Waals surface area contributed by atoms with Gasteiger partial charge in [0, 0.05) is 59.5 Å². The normalized spacial score (nSPS) is 11.1. The van der Waals surface area contributed by atoms with Crippen LogP contribution in [-0.4, -0.2) is 102 Å². The van der Waals surface area contributed by atoms with E-state index in [0.29, 0.717) is 64.4 Å². The summed E-state index contributed by atoms with van der Waals surface area (Å²) in [4.78, 5) is 66.9. The average Bonchev–Trinajstić information content (AvgIpc) is 1.69. The molecule has 0 spiro atoms. The molecule has 0 atom stereocenters. The quantitative estimate of drug-likeness (QED) is 0.0185. The molecule has 10 aromatic rings. The Morgan fingerprint density at radius 3 is 1.48 bits per heavy atom. The second-order valence-electron chi connectivity index (χ2n) is 21.9. The number of carbonyl (C=O) groups excluding carboxylic acids is 4. The summed E-state index contributed by atoms with van der Waals surface area (Å²) in [6.07, 6.45) is 7.70. The van der Waals surface area contributed by atoms with Crippen LogP contribution in [0.1, 0.15) is 95.6 Å². The van der Waals surface area contributed by atoms with Crippen molar-refractivity contribution < 1.29 is 47.6 Å². The Labute approximate surface area is 562 Å². The van der Waals surface area contributed by atoms with Crippen LogP contribution in [0, 0.1) is 60.7 Å². The minimum Gasteiger partial charge on any atom is -0.462 e. The van der Waals surface area contributed by atoms with Crippen LogP contribution in [0.5, 0.6) is 0 Å². The Balaban J connectivity index is 0.000000168. The van der Waals surface area contributed by atoms with Crippen LogP contribution in [0.4, 0.5) is 84.7 Å². The number of nitro groups is 2. The minimum absolute atomic E-state index is 0.0731. The van der Waals surface area contributed by atoms with Crippen molar-refractivity contribution in [3.8, 4) is 0 Å². The number of amides is 1. The highest BCUT2D eigenvalue weighted by Crippen LogP contribution is 2.35. The van der Waals surface area contributed by atoms with E-state index in [1.54, 1.807) is 90.5 Å². The fourth-order valence-electron chi connectivity index (χ4n) is 9.36. The van der Waals surface area contributed by atoms with Gasteiger partial charge in [-0.2, -0.15) is 29.9 Å². The van der Waals surface area contributed by atoms with Crippen LogP contribution in [0.3, 0.4) is 0 Å². The van der Waals surface area contributed by atoms with E-state index >= 15 is 0 Å². The van der Waals surface area contributed by atoms with Crippen molar-refractivity contribution in [3.05, 3.63) is 204 Å². The number of nitrogens with two attached hydrogens (primary N) is 2. The first-order valence-corrected chi connectivity index (χ1v) is 30.3. The van der Waals surface area contributed by atoms with Gasteiger partial charge in [0.1, 0.15) is 57.0 Å². The molecule has 0 aliphatic carbocycles. The number of aromatic nitrogens is 10. The fourth-order valence-corrected chi connectivity index (χ4v) is 9.36. The second-order valence-corrected chi connectivity index (χ2v) is 21.9. The highest BCUT2D eigenvalue weighted by molar-refractivity contribution is 6.11. The summed E-state index contributed by atoms with van der Waals surface area (Å²) >= 11 is 0.